The molecule has 6 N–H and O–H groups in total. The normalized spacial score (nSPS) is 19.5. The topological polar surface area (TPSA) is 139 Å². The number of urea groups is 1. The van der Waals surface area contributed by atoms with Crippen molar-refractivity contribution in [3.8, 4) is 5.75 Å². The Balaban J connectivity index is 1.36. The van der Waals surface area contributed by atoms with Crippen molar-refractivity contribution in [2.45, 2.75) is 70.6 Å². The molecule has 2 aliphatic rings. The number of unbranched alkanes of at least 4 members (excludes halogenated alkanes) is 2. The molecular formula is C29H44N6O3. The number of amidine groups is 1. The number of amides is 2. The first-order chi connectivity index (χ1) is 18.5. The van der Waals surface area contributed by atoms with E-state index in [1.165, 1.54) is 44.6 Å². The summed E-state index contributed by atoms with van der Waals surface area (Å²) in [4.78, 5) is 34.4. The van der Waals surface area contributed by atoms with E-state index in [4.69, 9.17) is 16.2 Å². The van der Waals surface area contributed by atoms with Crippen molar-refractivity contribution in [2.75, 3.05) is 38.1 Å². The van der Waals surface area contributed by atoms with Gasteiger partial charge in [0.2, 0.25) is 5.56 Å². The highest BCUT2D eigenvalue weighted by molar-refractivity contribution is 6.05. The number of H-pyrrole nitrogens is 1. The van der Waals surface area contributed by atoms with Crippen LogP contribution in [0.1, 0.15) is 70.6 Å². The minimum Gasteiger partial charge on any atom is -0.493 e. The molecule has 0 spiro atoms. The lowest BCUT2D eigenvalue weighted by Crippen LogP contribution is -2.42. The second kappa shape index (κ2) is 14.3. The number of anilines is 1. The lowest BCUT2D eigenvalue weighted by atomic mass is 9.86. The molecule has 38 heavy (non-hydrogen) atoms. The number of fused-ring (bicyclic) bond motifs is 1. The Bertz CT molecular complexity index is 1140. The maximum absolute atomic E-state index is 12.8. The Kier molecular flexibility index (Phi) is 10.6. The third-order valence-electron chi connectivity index (χ3n) is 7.94. The fraction of sp³-hybridized carbons (Fsp3) is 0.621. The van der Waals surface area contributed by atoms with E-state index in [-0.39, 0.29) is 11.5 Å². The van der Waals surface area contributed by atoms with Crippen LogP contribution < -0.4 is 27.1 Å². The number of nitrogens with two attached hydrogens (primary N) is 2. The molecule has 2 amide bonds. The Hall–Kier alpha value is -2.91. The van der Waals surface area contributed by atoms with Crippen LogP contribution in [0.3, 0.4) is 0 Å². The SMILES string of the molecule is NCCCCCOc1ccc(NC(=O)/N=C(\N)C2CCCN(CCC3CCCCC3)C2)c2[nH]c(=O)ccc12. The Morgan fingerprint density at radius 2 is 1.92 bits per heavy atom. The van der Waals surface area contributed by atoms with Gasteiger partial charge in [-0.05, 0) is 82.3 Å². The Labute approximate surface area is 225 Å². The fourth-order valence-electron chi connectivity index (χ4n) is 5.75. The standard InChI is InChI=1S/C29H44N6O3/c30-16-5-2-6-19-38-25-13-12-24(27-23(25)11-14-26(36)33-27)32-29(37)34-28(31)22-10-7-17-35(20-22)18-15-21-8-3-1-4-9-21/h11-14,21-22H,1-10,15-20,30H2,(H,33,36)(H3,31,32,34,37). The van der Waals surface area contributed by atoms with Gasteiger partial charge in [-0.3, -0.25) is 4.79 Å². The average Bonchev–Trinajstić information content (AvgIpc) is 2.93. The predicted molar refractivity (Wildman–Crippen MR) is 154 cm³/mol. The second-order valence-corrected chi connectivity index (χ2v) is 10.8. The van der Waals surface area contributed by atoms with Gasteiger partial charge in [0.25, 0.3) is 0 Å². The summed E-state index contributed by atoms with van der Waals surface area (Å²) in [6.45, 7) is 4.26. The molecule has 1 saturated heterocycles. The second-order valence-electron chi connectivity index (χ2n) is 10.8. The molecule has 9 heteroatoms. The minimum absolute atomic E-state index is 0.0763. The zero-order valence-corrected chi connectivity index (χ0v) is 22.6. The highest BCUT2D eigenvalue weighted by Crippen LogP contribution is 2.30. The molecule has 0 radical (unpaired) electrons. The third kappa shape index (κ3) is 8.04. The number of rotatable bonds is 11. The molecule has 0 bridgehead atoms. The third-order valence-corrected chi connectivity index (χ3v) is 7.94. The molecule has 1 aromatic heterocycles. The summed E-state index contributed by atoms with van der Waals surface area (Å²) in [6.07, 6.45) is 13.0. The maximum Gasteiger partial charge on any atom is 0.347 e. The number of carbonyl (C=O) groups excluding carboxylic acids is 1. The quantitative estimate of drug-likeness (QED) is 0.192. The summed E-state index contributed by atoms with van der Waals surface area (Å²) in [5, 5.41) is 3.53. The van der Waals surface area contributed by atoms with E-state index in [1.54, 1.807) is 18.2 Å². The van der Waals surface area contributed by atoms with Crippen molar-refractivity contribution in [3.63, 3.8) is 0 Å². The summed E-state index contributed by atoms with van der Waals surface area (Å²) in [5.74, 6) is 1.96. The van der Waals surface area contributed by atoms with Gasteiger partial charge in [-0.1, -0.05) is 32.1 Å². The van der Waals surface area contributed by atoms with Crippen molar-refractivity contribution in [1.29, 1.82) is 0 Å². The van der Waals surface area contributed by atoms with Crippen molar-refractivity contribution < 1.29 is 9.53 Å². The van der Waals surface area contributed by atoms with E-state index in [0.717, 1.165) is 63.0 Å². The van der Waals surface area contributed by atoms with Crippen LogP contribution in [0.2, 0.25) is 0 Å². The number of aromatic nitrogens is 1. The summed E-state index contributed by atoms with van der Waals surface area (Å²) < 4.78 is 5.95. The van der Waals surface area contributed by atoms with E-state index >= 15 is 0 Å². The lowest BCUT2D eigenvalue weighted by Gasteiger charge is -2.33. The molecule has 208 valence electrons. The number of benzene rings is 1. The molecule has 1 aromatic carbocycles. The highest BCUT2D eigenvalue weighted by atomic mass is 16.5. The number of aromatic amines is 1. The molecule has 2 fully saturated rings. The van der Waals surface area contributed by atoms with Gasteiger partial charge in [-0.25, -0.2) is 4.79 Å². The number of nitrogens with zero attached hydrogens (tertiary/aromatic N) is 2. The van der Waals surface area contributed by atoms with Gasteiger partial charge < -0.3 is 31.4 Å². The van der Waals surface area contributed by atoms with Crippen molar-refractivity contribution in [2.24, 2.45) is 28.3 Å². The van der Waals surface area contributed by atoms with Gasteiger partial charge >= 0.3 is 6.03 Å². The van der Waals surface area contributed by atoms with E-state index in [1.807, 2.05) is 0 Å². The fourth-order valence-corrected chi connectivity index (χ4v) is 5.75. The average molecular weight is 525 g/mol. The van der Waals surface area contributed by atoms with Gasteiger partial charge in [-0.2, -0.15) is 4.99 Å². The molecule has 2 aromatic rings. The first kappa shape index (κ1) is 28.1. The highest BCUT2D eigenvalue weighted by Gasteiger charge is 2.24. The van der Waals surface area contributed by atoms with Crippen LogP contribution in [0, 0.1) is 11.8 Å². The number of piperidine rings is 1. The van der Waals surface area contributed by atoms with Gasteiger partial charge in [0.05, 0.1) is 17.8 Å². The molecule has 1 aliphatic carbocycles. The first-order valence-corrected chi connectivity index (χ1v) is 14.4. The minimum atomic E-state index is -0.539. The lowest BCUT2D eigenvalue weighted by molar-refractivity contribution is 0.182. The van der Waals surface area contributed by atoms with Crippen molar-refractivity contribution in [3.05, 3.63) is 34.6 Å². The number of carbonyl (C=O) groups is 1. The van der Waals surface area contributed by atoms with Crippen molar-refractivity contribution in [1.82, 2.24) is 9.88 Å². The summed E-state index contributed by atoms with van der Waals surface area (Å²) >= 11 is 0. The number of nitrogens with one attached hydrogen (secondary N) is 2. The van der Waals surface area contributed by atoms with Crippen LogP contribution in [0.4, 0.5) is 10.5 Å². The molecular weight excluding hydrogens is 480 g/mol. The van der Waals surface area contributed by atoms with Crippen LogP contribution in [-0.2, 0) is 0 Å². The van der Waals surface area contributed by atoms with E-state index < -0.39 is 6.03 Å². The smallest absolute Gasteiger partial charge is 0.347 e. The Morgan fingerprint density at radius 3 is 2.74 bits per heavy atom. The summed E-state index contributed by atoms with van der Waals surface area (Å²) in [5.41, 5.74) is 12.6. The Morgan fingerprint density at radius 1 is 1.08 bits per heavy atom. The maximum atomic E-state index is 12.8. The number of ether oxygens (including phenoxy) is 1. The molecule has 2 heterocycles. The monoisotopic (exact) mass is 524 g/mol. The van der Waals surface area contributed by atoms with Crippen LogP contribution in [0.25, 0.3) is 10.9 Å². The summed E-state index contributed by atoms with van der Waals surface area (Å²) in [6, 6.07) is 6.15. The number of pyridine rings is 1. The van der Waals surface area contributed by atoms with Crippen LogP contribution in [0.15, 0.2) is 34.1 Å². The zero-order valence-electron chi connectivity index (χ0n) is 22.6. The van der Waals surface area contributed by atoms with Crippen molar-refractivity contribution >= 4 is 28.5 Å². The number of hydrogen-bond donors (Lipinski definition) is 4. The van der Waals surface area contributed by atoms with Crippen LogP contribution >= 0.6 is 0 Å². The van der Waals surface area contributed by atoms with Gasteiger partial charge in [0.15, 0.2) is 0 Å². The molecule has 9 nitrogen and oxygen atoms in total. The van der Waals surface area contributed by atoms with E-state index in [0.29, 0.717) is 35.9 Å². The zero-order chi connectivity index (χ0) is 26.7. The number of aliphatic imine (C=N–C) groups is 1. The molecule has 4 rings (SSSR count). The molecule has 1 atom stereocenters. The molecule has 1 saturated carbocycles. The van der Waals surface area contributed by atoms with E-state index in [2.05, 4.69) is 20.2 Å². The van der Waals surface area contributed by atoms with E-state index in [9.17, 15) is 9.59 Å². The van der Waals surface area contributed by atoms with Crippen LogP contribution in [0.5, 0.6) is 5.75 Å². The van der Waals surface area contributed by atoms with Gasteiger partial charge in [-0.15, -0.1) is 0 Å². The van der Waals surface area contributed by atoms with Gasteiger partial charge in [0, 0.05) is 23.9 Å². The molecule has 1 aliphatic heterocycles. The number of hydrogen-bond acceptors (Lipinski definition) is 5. The summed E-state index contributed by atoms with van der Waals surface area (Å²) in [7, 11) is 0. The largest absolute Gasteiger partial charge is 0.493 e. The van der Waals surface area contributed by atoms with Crippen LogP contribution in [-0.4, -0.2) is 54.5 Å². The van der Waals surface area contributed by atoms with Gasteiger partial charge in [0.1, 0.15) is 11.6 Å². The first-order valence-electron chi connectivity index (χ1n) is 14.4. The number of likely N-dealkylation sites (tertiary alicyclic amines) is 1. The predicted octanol–water partition coefficient (Wildman–Crippen LogP) is 4.61. The molecule has 1 unspecified atom stereocenters.